The summed E-state index contributed by atoms with van der Waals surface area (Å²) >= 11 is 0. The highest BCUT2D eigenvalue weighted by atomic mass is 16.5. The van der Waals surface area contributed by atoms with Crippen LogP contribution in [0.3, 0.4) is 0 Å². The standard InChI is InChI=1S/C79H151NO5/c1-3-5-7-9-11-13-15-17-18-19-39-42-45-48-51-55-59-63-67-71-77(82)76(75-81)80-78(83)72-68-64-60-56-52-49-46-43-40-37-35-33-31-29-27-25-23-21-20-22-24-26-28-30-32-34-36-38-41-44-47-50-54-58-62-66-70-74-85-79(84)73-69-65-61-57-53-16-14-12-10-8-6-4-2/h12,14,20,22,67,71,76-77,81-82H,3-11,13,15-19,21,23-66,68-70,72-75H2,1-2H3,(H,80,83)/b14-12-,22-20-,71-67+. The highest BCUT2D eigenvalue weighted by molar-refractivity contribution is 5.76. The molecule has 0 aliphatic rings. The van der Waals surface area contributed by atoms with Crippen molar-refractivity contribution in [1.82, 2.24) is 5.32 Å². The zero-order valence-electron chi connectivity index (χ0n) is 57.6. The van der Waals surface area contributed by atoms with Gasteiger partial charge >= 0.3 is 5.97 Å². The molecule has 0 radical (unpaired) electrons. The van der Waals surface area contributed by atoms with Crippen LogP contribution in [0.5, 0.6) is 0 Å². The van der Waals surface area contributed by atoms with Crippen molar-refractivity contribution in [2.24, 2.45) is 0 Å². The van der Waals surface area contributed by atoms with Crippen LogP contribution in [0.25, 0.3) is 0 Å². The van der Waals surface area contributed by atoms with Crippen LogP contribution in [0.15, 0.2) is 36.5 Å². The van der Waals surface area contributed by atoms with Crippen LogP contribution in [0.2, 0.25) is 0 Å². The maximum atomic E-state index is 12.5. The van der Waals surface area contributed by atoms with Crippen molar-refractivity contribution in [3.05, 3.63) is 36.5 Å². The minimum atomic E-state index is -0.842. The van der Waals surface area contributed by atoms with E-state index in [0.29, 0.717) is 19.4 Å². The van der Waals surface area contributed by atoms with Gasteiger partial charge < -0.3 is 20.3 Å². The van der Waals surface area contributed by atoms with Crippen LogP contribution in [-0.2, 0) is 14.3 Å². The molecule has 2 unspecified atom stereocenters. The fourth-order valence-corrected chi connectivity index (χ4v) is 12.2. The van der Waals surface area contributed by atoms with Gasteiger partial charge in [-0.25, -0.2) is 0 Å². The van der Waals surface area contributed by atoms with E-state index in [4.69, 9.17) is 4.74 Å². The molecule has 502 valence electrons. The first-order valence-corrected chi connectivity index (χ1v) is 38.8. The Labute approximate surface area is 532 Å². The van der Waals surface area contributed by atoms with E-state index in [9.17, 15) is 19.8 Å². The summed E-state index contributed by atoms with van der Waals surface area (Å²) in [4.78, 5) is 24.6. The Morgan fingerprint density at radius 1 is 0.318 bits per heavy atom. The first-order chi connectivity index (χ1) is 42.0. The molecule has 0 bridgehead atoms. The lowest BCUT2D eigenvalue weighted by Gasteiger charge is -2.20. The molecule has 0 saturated heterocycles. The van der Waals surface area contributed by atoms with Crippen molar-refractivity contribution in [2.45, 2.75) is 443 Å². The van der Waals surface area contributed by atoms with Gasteiger partial charge in [0.1, 0.15) is 0 Å². The van der Waals surface area contributed by atoms with Gasteiger partial charge in [0.25, 0.3) is 0 Å². The van der Waals surface area contributed by atoms with Crippen LogP contribution in [0.4, 0.5) is 0 Å². The van der Waals surface area contributed by atoms with Crippen molar-refractivity contribution in [3.63, 3.8) is 0 Å². The molecule has 0 rings (SSSR count). The van der Waals surface area contributed by atoms with E-state index in [1.54, 1.807) is 6.08 Å². The van der Waals surface area contributed by atoms with Gasteiger partial charge in [0, 0.05) is 12.8 Å². The van der Waals surface area contributed by atoms with Crippen LogP contribution in [-0.4, -0.2) is 47.4 Å². The topological polar surface area (TPSA) is 95.9 Å². The molecule has 85 heavy (non-hydrogen) atoms. The lowest BCUT2D eigenvalue weighted by molar-refractivity contribution is -0.143. The van der Waals surface area contributed by atoms with Gasteiger partial charge in [0.2, 0.25) is 5.91 Å². The first kappa shape index (κ1) is 83.1. The lowest BCUT2D eigenvalue weighted by Crippen LogP contribution is -2.45. The van der Waals surface area contributed by atoms with Gasteiger partial charge in [-0.15, -0.1) is 0 Å². The predicted molar refractivity (Wildman–Crippen MR) is 375 cm³/mol. The van der Waals surface area contributed by atoms with E-state index in [2.05, 4.69) is 43.5 Å². The highest BCUT2D eigenvalue weighted by Gasteiger charge is 2.18. The molecule has 0 aromatic rings. The van der Waals surface area contributed by atoms with Gasteiger partial charge in [-0.05, 0) is 83.5 Å². The van der Waals surface area contributed by atoms with Crippen LogP contribution < -0.4 is 5.32 Å². The Bertz CT molecular complexity index is 1380. The minimum absolute atomic E-state index is 0.0116. The van der Waals surface area contributed by atoms with Crippen LogP contribution in [0.1, 0.15) is 431 Å². The van der Waals surface area contributed by atoms with E-state index >= 15 is 0 Å². The van der Waals surface area contributed by atoms with Gasteiger partial charge in [-0.3, -0.25) is 9.59 Å². The second-order valence-corrected chi connectivity index (χ2v) is 26.7. The molecule has 0 aromatic carbocycles. The molecule has 0 aromatic heterocycles. The summed E-state index contributed by atoms with van der Waals surface area (Å²) in [5.41, 5.74) is 0. The summed E-state index contributed by atoms with van der Waals surface area (Å²) in [6.07, 6.45) is 97.0. The number of rotatable bonds is 73. The first-order valence-electron chi connectivity index (χ1n) is 38.8. The fourth-order valence-electron chi connectivity index (χ4n) is 12.2. The molecular formula is C79H151NO5. The molecule has 1 amide bonds. The average molecular weight is 1200 g/mol. The Kier molecular flexibility index (Phi) is 72.9. The molecular weight excluding hydrogens is 1040 g/mol. The monoisotopic (exact) mass is 1190 g/mol. The number of aliphatic hydroxyl groups excluding tert-OH is 2. The summed E-state index contributed by atoms with van der Waals surface area (Å²) in [6.45, 7) is 4.92. The Balaban J connectivity index is 3.35. The highest BCUT2D eigenvalue weighted by Crippen LogP contribution is 2.19. The minimum Gasteiger partial charge on any atom is -0.466 e. The van der Waals surface area contributed by atoms with Crippen molar-refractivity contribution >= 4 is 11.9 Å². The molecule has 2 atom stereocenters. The normalized spacial score (nSPS) is 12.7. The number of carbonyl (C=O) groups is 2. The van der Waals surface area contributed by atoms with E-state index in [-0.39, 0.29) is 18.5 Å². The zero-order valence-corrected chi connectivity index (χ0v) is 57.6. The van der Waals surface area contributed by atoms with Gasteiger partial charge in [-0.2, -0.15) is 0 Å². The molecule has 0 fully saturated rings. The maximum absolute atomic E-state index is 12.5. The summed E-state index contributed by atoms with van der Waals surface area (Å²) in [5, 5.41) is 23.3. The Hall–Kier alpha value is -1.92. The lowest BCUT2D eigenvalue weighted by atomic mass is 10.0. The molecule has 0 aliphatic heterocycles. The number of hydrogen-bond donors (Lipinski definition) is 3. The molecule has 0 aliphatic carbocycles. The quantitative estimate of drug-likeness (QED) is 0.0320. The fraction of sp³-hybridized carbons (Fsp3) is 0.899. The average Bonchev–Trinajstić information content (AvgIpc) is 3.51. The molecule has 6 heteroatoms. The van der Waals surface area contributed by atoms with E-state index in [1.165, 1.54) is 360 Å². The van der Waals surface area contributed by atoms with Crippen LogP contribution in [0, 0.1) is 0 Å². The number of carbonyl (C=O) groups excluding carboxylic acids is 2. The van der Waals surface area contributed by atoms with Crippen molar-refractivity contribution in [1.29, 1.82) is 0 Å². The van der Waals surface area contributed by atoms with Crippen molar-refractivity contribution in [3.8, 4) is 0 Å². The van der Waals surface area contributed by atoms with Gasteiger partial charge in [-0.1, -0.05) is 371 Å². The number of nitrogens with one attached hydrogen (secondary N) is 1. The van der Waals surface area contributed by atoms with E-state index in [0.717, 1.165) is 44.9 Å². The summed E-state index contributed by atoms with van der Waals surface area (Å²) in [5.74, 6) is -0.0485. The SMILES string of the molecule is CCCCC/C=C\CCCCCCCC(=O)OCCCCCCCCCCCCCCCCCC/C=C\CCCCCCCCCCCCCCCCCCCC(=O)NC(CO)C(O)/C=C/CCCCCCCCCCCCCCCCCCC. The number of allylic oxidation sites excluding steroid dienone is 5. The molecule has 0 heterocycles. The smallest absolute Gasteiger partial charge is 0.305 e. The third-order valence-electron chi connectivity index (χ3n) is 18.1. The molecule has 3 N–H and O–H groups in total. The van der Waals surface area contributed by atoms with Gasteiger partial charge in [0.15, 0.2) is 0 Å². The third kappa shape index (κ3) is 71.0. The van der Waals surface area contributed by atoms with Crippen molar-refractivity contribution in [2.75, 3.05) is 13.2 Å². The van der Waals surface area contributed by atoms with Crippen LogP contribution >= 0.6 is 0 Å². The number of hydrogen-bond acceptors (Lipinski definition) is 5. The van der Waals surface area contributed by atoms with Crippen molar-refractivity contribution < 1.29 is 24.5 Å². The largest absolute Gasteiger partial charge is 0.466 e. The Morgan fingerprint density at radius 2 is 0.553 bits per heavy atom. The molecule has 0 spiro atoms. The van der Waals surface area contributed by atoms with Gasteiger partial charge in [0.05, 0.1) is 25.4 Å². The number of amides is 1. The zero-order chi connectivity index (χ0) is 61.3. The summed E-state index contributed by atoms with van der Waals surface area (Å²) in [6, 6.07) is -0.625. The van der Waals surface area contributed by atoms with E-state index < -0.39 is 12.1 Å². The second-order valence-electron chi connectivity index (χ2n) is 26.7. The second kappa shape index (κ2) is 74.5. The molecule has 6 nitrogen and oxygen atoms in total. The third-order valence-corrected chi connectivity index (χ3v) is 18.1. The number of unbranched alkanes of at least 4 members (excludes halogenated alkanes) is 58. The summed E-state index contributed by atoms with van der Waals surface area (Å²) in [7, 11) is 0. The number of esters is 1. The maximum Gasteiger partial charge on any atom is 0.305 e. The number of aliphatic hydroxyl groups is 2. The summed E-state index contributed by atoms with van der Waals surface area (Å²) < 4.78 is 5.48. The number of ether oxygens (including phenoxy) is 1. The predicted octanol–water partition coefficient (Wildman–Crippen LogP) is 25.4. The Morgan fingerprint density at radius 3 is 0.859 bits per heavy atom. The van der Waals surface area contributed by atoms with E-state index in [1.807, 2.05) is 6.08 Å². The molecule has 0 saturated carbocycles.